The Morgan fingerprint density at radius 1 is 1.20 bits per heavy atom. The molecule has 88 valence electrons. The smallest absolute Gasteiger partial charge is 0.438 e. The van der Waals surface area contributed by atoms with Crippen molar-refractivity contribution >= 4 is 6.16 Å². The number of hydrogen-bond donors (Lipinski definition) is 0. The molecule has 0 saturated heterocycles. The summed E-state index contributed by atoms with van der Waals surface area (Å²) < 4.78 is 9.43. The molecular weight excluding hydrogens is 196 g/mol. The maximum atomic E-state index is 11.0. The predicted molar refractivity (Wildman–Crippen MR) is 56.8 cm³/mol. The van der Waals surface area contributed by atoms with E-state index in [1.54, 1.807) is 6.92 Å². The predicted octanol–water partition coefficient (Wildman–Crippen LogP) is 3.15. The highest BCUT2D eigenvalue weighted by atomic mass is 16.7. The van der Waals surface area contributed by atoms with Gasteiger partial charge in [-0.25, -0.2) is 4.79 Å². The maximum Gasteiger partial charge on any atom is 0.510 e. The molecule has 0 saturated carbocycles. The summed E-state index contributed by atoms with van der Waals surface area (Å²) in [5.41, 5.74) is -1.23. The zero-order valence-electron chi connectivity index (χ0n) is 10.3. The number of methoxy groups -OCH3 is 1. The number of carbonyl (C=O) groups excluding carboxylic acids is 1. The number of ether oxygens (including phenoxy) is 2. The molecule has 1 atom stereocenters. The lowest BCUT2D eigenvalue weighted by molar-refractivity contribution is -0.0196. The lowest BCUT2D eigenvalue weighted by atomic mass is 10.1. The number of rotatable bonds is 3. The third kappa shape index (κ3) is 6.04. The van der Waals surface area contributed by atoms with E-state index in [0.29, 0.717) is 6.42 Å². The molecule has 0 fully saturated rings. The van der Waals surface area contributed by atoms with Crippen LogP contribution in [0, 0.1) is 0 Å². The van der Waals surface area contributed by atoms with Crippen molar-refractivity contribution in [1.29, 1.82) is 0 Å². The van der Waals surface area contributed by atoms with Gasteiger partial charge in [0.25, 0.3) is 0 Å². The molecule has 1 unspecified atom stereocenters. The molecule has 0 aliphatic heterocycles. The largest absolute Gasteiger partial charge is 0.510 e. The van der Waals surface area contributed by atoms with Crippen LogP contribution >= 0.6 is 0 Å². The second kappa shape index (κ2) is 5.09. The standard InChI is InChI=1S/C10H20N2O3/c1-7-10(5,15-8(13)14-6)12-11-9(2,3)4/h7H2,1-6H3/b12-11+. The van der Waals surface area contributed by atoms with Gasteiger partial charge in [0.1, 0.15) is 0 Å². The van der Waals surface area contributed by atoms with E-state index in [-0.39, 0.29) is 5.54 Å². The second-order valence-corrected chi connectivity index (χ2v) is 4.46. The number of azo groups is 1. The van der Waals surface area contributed by atoms with E-state index in [0.717, 1.165) is 0 Å². The van der Waals surface area contributed by atoms with Gasteiger partial charge in [0.15, 0.2) is 0 Å². The van der Waals surface area contributed by atoms with Gasteiger partial charge in [0.05, 0.1) is 12.6 Å². The Hall–Kier alpha value is -1.13. The molecule has 5 heteroatoms. The first-order chi connectivity index (χ1) is 6.72. The van der Waals surface area contributed by atoms with Crippen LogP contribution in [0.25, 0.3) is 0 Å². The topological polar surface area (TPSA) is 60.2 Å². The van der Waals surface area contributed by atoms with Crippen molar-refractivity contribution in [3.05, 3.63) is 0 Å². The Labute approximate surface area is 90.9 Å². The molecule has 15 heavy (non-hydrogen) atoms. The average molecular weight is 216 g/mol. The van der Waals surface area contributed by atoms with Crippen molar-refractivity contribution in [2.45, 2.75) is 52.3 Å². The minimum atomic E-state index is -0.944. The van der Waals surface area contributed by atoms with Gasteiger partial charge in [0, 0.05) is 6.42 Å². The van der Waals surface area contributed by atoms with Gasteiger partial charge in [-0.2, -0.15) is 5.11 Å². The summed E-state index contributed by atoms with van der Waals surface area (Å²) in [5.74, 6) is 0. The van der Waals surface area contributed by atoms with Gasteiger partial charge in [-0.3, -0.25) is 0 Å². The fraction of sp³-hybridized carbons (Fsp3) is 0.900. The fourth-order valence-corrected chi connectivity index (χ4v) is 0.640. The van der Waals surface area contributed by atoms with Crippen molar-refractivity contribution in [2.75, 3.05) is 7.11 Å². The molecular formula is C10H20N2O3. The lowest BCUT2D eigenvalue weighted by Crippen LogP contribution is -2.29. The lowest BCUT2D eigenvalue weighted by Gasteiger charge is -2.23. The summed E-state index contributed by atoms with van der Waals surface area (Å²) in [6, 6.07) is 0. The van der Waals surface area contributed by atoms with E-state index in [9.17, 15) is 4.79 Å². The first-order valence-electron chi connectivity index (χ1n) is 4.93. The summed E-state index contributed by atoms with van der Waals surface area (Å²) in [6.07, 6.45) is -0.200. The first kappa shape index (κ1) is 13.9. The Kier molecular flexibility index (Phi) is 4.71. The third-order valence-corrected chi connectivity index (χ3v) is 1.69. The quantitative estimate of drug-likeness (QED) is 0.537. The minimum absolute atomic E-state index is 0.282. The van der Waals surface area contributed by atoms with Crippen LogP contribution in [0.5, 0.6) is 0 Å². The number of nitrogens with zero attached hydrogens (tertiary/aromatic N) is 2. The first-order valence-corrected chi connectivity index (χ1v) is 4.93. The maximum absolute atomic E-state index is 11.0. The minimum Gasteiger partial charge on any atom is -0.438 e. The SMILES string of the molecule is CCC(C)(/N=N/C(C)(C)C)OC(=O)OC. The third-order valence-electron chi connectivity index (χ3n) is 1.69. The fourth-order valence-electron chi connectivity index (χ4n) is 0.640. The molecule has 0 rings (SSSR count). The van der Waals surface area contributed by atoms with E-state index in [1.807, 2.05) is 27.7 Å². The monoisotopic (exact) mass is 216 g/mol. The van der Waals surface area contributed by atoms with E-state index >= 15 is 0 Å². The van der Waals surface area contributed by atoms with Crippen molar-refractivity contribution in [3.63, 3.8) is 0 Å². The zero-order valence-corrected chi connectivity index (χ0v) is 10.3. The van der Waals surface area contributed by atoms with E-state index in [2.05, 4.69) is 15.0 Å². The number of carbonyl (C=O) groups is 1. The molecule has 0 aliphatic rings. The molecule has 0 spiro atoms. The van der Waals surface area contributed by atoms with E-state index < -0.39 is 11.9 Å². The molecule has 0 aromatic rings. The van der Waals surface area contributed by atoms with Gasteiger partial charge < -0.3 is 9.47 Å². The van der Waals surface area contributed by atoms with Crippen LogP contribution in [0.2, 0.25) is 0 Å². The Morgan fingerprint density at radius 3 is 2.07 bits per heavy atom. The second-order valence-electron chi connectivity index (χ2n) is 4.46. The normalized spacial score (nSPS) is 16.1. The van der Waals surface area contributed by atoms with Gasteiger partial charge in [-0.05, 0) is 27.7 Å². The molecule has 0 aromatic heterocycles. The van der Waals surface area contributed by atoms with Crippen molar-refractivity contribution < 1.29 is 14.3 Å². The Morgan fingerprint density at radius 2 is 1.73 bits per heavy atom. The molecule has 0 amide bonds. The van der Waals surface area contributed by atoms with Crippen LogP contribution in [-0.2, 0) is 9.47 Å². The Bertz CT molecular complexity index is 246. The highest BCUT2D eigenvalue weighted by molar-refractivity contribution is 5.60. The van der Waals surface area contributed by atoms with Crippen LogP contribution in [0.1, 0.15) is 41.0 Å². The highest BCUT2D eigenvalue weighted by Gasteiger charge is 2.27. The van der Waals surface area contributed by atoms with Gasteiger partial charge >= 0.3 is 6.16 Å². The van der Waals surface area contributed by atoms with Gasteiger partial charge in [0.2, 0.25) is 5.72 Å². The van der Waals surface area contributed by atoms with E-state index in [4.69, 9.17) is 4.74 Å². The zero-order chi connectivity index (χ0) is 12.1. The molecule has 0 radical (unpaired) electrons. The van der Waals surface area contributed by atoms with Gasteiger partial charge in [-0.15, -0.1) is 5.11 Å². The summed E-state index contributed by atoms with van der Waals surface area (Å²) >= 11 is 0. The summed E-state index contributed by atoms with van der Waals surface area (Å²) in [6.45, 7) is 9.32. The van der Waals surface area contributed by atoms with Crippen LogP contribution in [0.3, 0.4) is 0 Å². The number of hydrogen-bond acceptors (Lipinski definition) is 5. The van der Waals surface area contributed by atoms with Crippen LogP contribution in [0.15, 0.2) is 10.2 Å². The molecule has 0 aliphatic carbocycles. The molecule has 0 aromatic carbocycles. The molecule has 0 heterocycles. The van der Waals surface area contributed by atoms with Crippen molar-refractivity contribution in [2.24, 2.45) is 10.2 Å². The molecule has 5 nitrogen and oxygen atoms in total. The van der Waals surface area contributed by atoms with Crippen molar-refractivity contribution in [3.8, 4) is 0 Å². The summed E-state index contributed by atoms with van der Waals surface area (Å²) in [4.78, 5) is 11.0. The summed E-state index contributed by atoms with van der Waals surface area (Å²) in [7, 11) is 1.26. The van der Waals surface area contributed by atoms with Crippen LogP contribution in [-0.4, -0.2) is 24.5 Å². The van der Waals surface area contributed by atoms with E-state index in [1.165, 1.54) is 7.11 Å². The molecule has 0 bridgehead atoms. The average Bonchev–Trinajstić information content (AvgIpc) is 2.14. The van der Waals surface area contributed by atoms with Crippen LogP contribution in [0.4, 0.5) is 4.79 Å². The molecule has 0 N–H and O–H groups in total. The van der Waals surface area contributed by atoms with Crippen LogP contribution < -0.4 is 0 Å². The summed E-state index contributed by atoms with van der Waals surface area (Å²) in [5, 5.41) is 8.11. The highest BCUT2D eigenvalue weighted by Crippen LogP contribution is 2.21. The van der Waals surface area contributed by atoms with Gasteiger partial charge in [-0.1, -0.05) is 6.92 Å². The Balaban J connectivity index is 4.57. The van der Waals surface area contributed by atoms with Crippen molar-refractivity contribution in [1.82, 2.24) is 0 Å².